The number of hydrogen-bond acceptors (Lipinski definition) is 2. The van der Waals surface area contributed by atoms with Gasteiger partial charge in [0.05, 0.1) is 12.6 Å². The van der Waals surface area contributed by atoms with E-state index in [4.69, 9.17) is 10.5 Å². The second-order valence-electron chi connectivity index (χ2n) is 2.70. The molecule has 0 saturated carbocycles. The lowest BCUT2D eigenvalue weighted by Crippen LogP contribution is -2.19. The summed E-state index contributed by atoms with van der Waals surface area (Å²) in [6, 6.07) is 2.89. The number of rotatable bonds is 3. The third kappa shape index (κ3) is 2.23. The van der Waals surface area contributed by atoms with Crippen molar-refractivity contribution in [2.75, 3.05) is 13.7 Å². The zero-order valence-corrected chi connectivity index (χ0v) is 7.26. The zero-order valence-electron chi connectivity index (χ0n) is 7.26. The van der Waals surface area contributed by atoms with Crippen molar-refractivity contribution in [2.45, 2.75) is 6.04 Å². The first-order valence-corrected chi connectivity index (χ1v) is 3.85. The molecule has 4 heteroatoms. The van der Waals surface area contributed by atoms with Crippen molar-refractivity contribution in [1.29, 1.82) is 0 Å². The fourth-order valence-corrected chi connectivity index (χ4v) is 1.13. The van der Waals surface area contributed by atoms with Gasteiger partial charge in [0, 0.05) is 12.7 Å². The molecule has 0 spiro atoms. The van der Waals surface area contributed by atoms with E-state index >= 15 is 0 Å². The van der Waals surface area contributed by atoms with Crippen molar-refractivity contribution in [3.8, 4) is 0 Å². The van der Waals surface area contributed by atoms with Crippen molar-refractivity contribution in [1.82, 2.24) is 0 Å². The van der Waals surface area contributed by atoms with Crippen LogP contribution in [0.4, 0.5) is 8.78 Å². The molecule has 72 valence electrons. The maximum absolute atomic E-state index is 13.0. The number of hydrogen-bond donors (Lipinski definition) is 1. The molecule has 13 heavy (non-hydrogen) atoms. The second-order valence-corrected chi connectivity index (χ2v) is 2.70. The lowest BCUT2D eigenvalue weighted by molar-refractivity contribution is 0.178. The molecule has 0 aliphatic carbocycles. The van der Waals surface area contributed by atoms with Gasteiger partial charge in [-0.3, -0.25) is 0 Å². The molecule has 1 aromatic rings. The lowest BCUT2D eigenvalue weighted by atomic mass is 10.1. The quantitative estimate of drug-likeness (QED) is 0.780. The molecule has 0 aliphatic heterocycles. The van der Waals surface area contributed by atoms with Crippen LogP contribution in [0.1, 0.15) is 11.6 Å². The van der Waals surface area contributed by atoms with Crippen LogP contribution in [-0.2, 0) is 4.74 Å². The highest BCUT2D eigenvalue weighted by Crippen LogP contribution is 2.18. The van der Waals surface area contributed by atoms with E-state index < -0.39 is 17.7 Å². The Morgan fingerprint density at radius 1 is 1.38 bits per heavy atom. The van der Waals surface area contributed by atoms with Crippen molar-refractivity contribution < 1.29 is 13.5 Å². The molecule has 0 aliphatic rings. The Morgan fingerprint density at radius 2 is 1.92 bits per heavy atom. The predicted molar refractivity (Wildman–Crippen MR) is 45.2 cm³/mol. The van der Waals surface area contributed by atoms with Crippen LogP contribution in [0.25, 0.3) is 0 Å². The van der Waals surface area contributed by atoms with E-state index in [-0.39, 0.29) is 12.2 Å². The van der Waals surface area contributed by atoms with Crippen LogP contribution < -0.4 is 5.73 Å². The highest BCUT2D eigenvalue weighted by Gasteiger charge is 2.15. The van der Waals surface area contributed by atoms with Gasteiger partial charge in [0.25, 0.3) is 0 Å². The third-order valence-electron chi connectivity index (χ3n) is 1.72. The van der Waals surface area contributed by atoms with E-state index in [9.17, 15) is 8.78 Å². The Kier molecular flexibility index (Phi) is 3.33. The first-order chi connectivity index (χ1) is 6.16. The maximum Gasteiger partial charge on any atom is 0.130 e. The molecule has 0 radical (unpaired) electrons. The molecule has 2 N–H and O–H groups in total. The molecule has 1 aromatic carbocycles. The third-order valence-corrected chi connectivity index (χ3v) is 1.72. The number of methoxy groups -OCH3 is 1. The topological polar surface area (TPSA) is 35.2 Å². The SMILES string of the molecule is COCC(N)c1c(F)cccc1F. The molecule has 1 rings (SSSR count). The highest BCUT2D eigenvalue weighted by atomic mass is 19.1. The Balaban J connectivity index is 2.98. The number of halogens is 2. The van der Waals surface area contributed by atoms with Crippen LogP contribution >= 0.6 is 0 Å². The van der Waals surface area contributed by atoms with Gasteiger partial charge in [-0.1, -0.05) is 6.07 Å². The van der Waals surface area contributed by atoms with E-state index in [1.165, 1.54) is 25.3 Å². The van der Waals surface area contributed by atoms with Crippen molar-refractivity contribution >= 4 is 0 Å². The number of ether oxygens (including phenoxy) is 1. The molecule has 0 aromatic heterocycles. The van der Waals surface area contributed by atoms with E-state index in [1.54, 1.807) is 0 Å². The largest absolute Gasteiger partial charge is 0.383 e. The Hall–Kier alpha value is -1.00. The van der Waals surface area contributed by atoms with Crippen LogP contribution in [-0.4, -0.2) is 13.7 Å². The number of benzene rings is 1. The highest BCUT2D eigenvalue weighted by molar-refractivity contribution is 5.22. The minimum absolute atomic E-state index is 0.0951. The summed E-state index contributed by atoms with van der Waals surface area (Å²) in [5, 5.41) is 0. The number of nitrogens with two attached hydrogens (primary N) is 1. The minimum Gasteiger partial charge on any atom is -0.383 e. The van der Waals surface area contributed by atoms with Crippen molar-refractivity contribution in [2.24, 2.45) is 5.73 Å². The van der Waals surface area contributed by atoms with Crippen LogP contribution in [0.3, 0.4) is 0 Å². The van der Waals surface area contributed by atoms with Gasteiger partial charge in [-0.15, -0.1) is 0 Å². The van der Waals surface area contributed by atoms with Crippen LogP contribution in [0, 0.1) is 11.6 Å². The van der Waals surface area contributed by atoms with E-state index in [0.29, 0.717) is 0 Å². The predicted octanol–water partition coefficient (Wildman–Crippen LogP) is 1.61. The zero-order chi connectivity index (χ0) is 9.84. The summed E-state index contributed by atoms with van der Waals surface area (Å²) >= 11 is 0. The minimum atomic E-state index is -0.758. The lowest BCUT2D eigenvalue weighted by Gasteiger charge is -2.12. The van der Waals surface area contributed by atoms with Crippen molar-refractivity contribution in [3.05, 3.63) is 35.4 Å². The molecule has 1 atom stereocenters. The van der Waals surface area contributed by atoms with Crippen LogP contribution in [0.15, 0.2) is 18.2 Å². The summed E-state index contributed by atoms with van der Waals surface area (Å²) in [6.07, 6.45) is 0. The van der Waals surface area contributed by atoms with Gasteiger partial charge in [0.15, 0.2) is 0 Å². The maximum atomic E-state index is 13.0. The molecule has 0 bridgehead atoms. The fourth-order valence-electron chi connectivity index (χ4n) is 1.13. The molecule has 2 nitrogen and oxygen atoms in total. The molecule has 0 saturated heterocycles. The fraction of sp³-hybridized carbons (Fsp3) is 0.333. The summed E-state index contributed by atoms with van der Waals surface area (Å²) in [5.74, 6) is -1.27. The van der Waals surface area contributed by atoms with E-state index in [0.717, 1.165) is 0 Å². The molecule has 0 heterocycles. The van der Waals surface area contributed by atoms with Gasteiger partial charge in [0.1, 0.15) is 11.6 Å². The Bertz CT molecular complexity index is 271. The first kappa shape index (κ1) is 10.1. The van der Waals surface area contributed by atoms with Gasteiger partial charge in [-0.05, 0) is 12.1 Å². The van der Waals surface area contributed by atoms with Gasteiger partial charge < -0.3 is 10.5 Å². The Morgan fingerprint density at radius 3 is 2.38 bits per heavy atom. The molecular formula is C9H11F2NO. The van der Waals surface area contributed by atoms with E-state index in [1.807, 2.05) is 0 Å². The average Bonchev–Trinajstić information content (AvgIpc) is 2.04. The normalized spacial score (nSPS) is 12.9. The van der Waals surface area contributed by atoms with Gasteiger partial charge in [-0.2, -0.15) is 0 Å². The second kappa shape index (κ2) is 4.30. The summed E-state index contributed by atoms with van der Waals surface area (Å²) in [7, 11) is 1.43. The van der Waals surface area contributed by atoms with Gasteiger partial charge in [-0.25, -0.2) is 8.78 Å². The summed E-state index contributed by atoms with van der Waals surface area (Å²) < 4.78 is 30.8. The molecular weight excluding hydrogens is 176 g/mol. The smallest absolute Gasteiger partial charge is 0.130 e. The van der Waals surface area contributed by atoms with E-state index in [2.05, 4.69) is 0 Å². The van der Waals surface area contributed by atoms with Crippen molar-refractivity contribution in [3.63, 3.8) is 0 Å². The summed E-state index contributed by atoms with van der Waals surface area (Å²) in [4.78, 5) is 0. The molecule has 0 fully saturated rings. The average molecular weight is 187 g/mol. The van der Waals surface area contributed by atoms with Gasteiger partial charge in [0.2, 0.25) is 0 Å². The Labute approximate surface area is 75.3 Å². The molecule has 1 unspecified atom stereocenters. The van der Waals surface area contributed by atoms with Gasteiger partial charge >= 0.3 is 0 Å². The van der Waals surface area contributed by atoms with Crippen LogP contribution in [0.2, 0.25) is 0 Å². The monoisotopic (exact) mass is 187 g/mol. The standard InChI is InChI=1S/C9H11F2NO/c1-13-5-8(12)9-6(10)3-2-4-7(9)11/h2-4,8H,5,12H2,1H3. The summed E-state index contributed by atoms with van der Waals surface area (Å²) in [6.45, 7) is 0.0951. The molecule has 0 amide bonds. The first-order valence-electron chi connectivity index (χ1n) is 3.85. The summed E-state index contributed by atoms with van der Waals surface area (Å²) in [5.41, 5.74) is 5.38. The van der Waals surface area contributed by atoms with Crippen LogP contribution in [0.5, 0.6) is 0 Å².